The van der Waals surface area contributed by atoms with Crippen LogP contribution in [0.4, 0.5) is 5.69 Å². The quantitative estimate of drug-likeness (QED) is 0.594. The van der Waals surface area contributed by atoms with Gasteiger partial charge in [-0.05, 0) is 94.6 Å². The Morgan fingerprint density at radius 2 is 1.74 bits per heavy atom. The van der Waals surface area contributed by atoms with Crippen LogP contribution in [0.2, 0.25) is 0 Å². The second kappa shape index (κ2) is 9.86. The van der Waals surface area contributed by atoms with E-state index < -0.39 is 5.97 Å². The summed E-state index contributed by atoms with van der Waals surface area (Å²) in [6.07, 6.45) is 12.9. The molecule has 1 aromatic heterocycles. The Morgan fingerprint density at radius 1 is 1.03 bits per heavy atom. The minimum atomic E-state index is -0.950. The number of aliphatic hydroxyl groups is 1. The van der Waals surface area contributed by atoms with Gasteiger partial charge in [-0.15, -0.1) is 11.3 Å². The van der Waals surface area contributed by atoms with Crippen molar-refractivity contribution < 1.29 is 19.8 Å². The Labute approximate surface area is 189 Å². The summed E-state index contributed by atoms with van der Waals surface area (Å²) in [5, 5.41) is 20.0. The number of thiophene rings is 1. The lowest BCUT2D eigenvalue weighted by Crippen LogP contribution is -2.47. The highest BCUT2D eigenvalue weighted by molar-refractivity contribution is 7.15. The van der Waals surface area contributed by atoms with Crippen molar-refractivity contribution in [3.05, 3.63) is 21.9 Å². The van der Waals surface area contributed by atoms with E-state index in [9.17, 15) is 19.8 Å². The van der Waals surface area contributed by atoms with Crippen molar-refractivity contribution in [3.63, 3.8) is 0 Å². The molecule has 2 saturated carbocycles. The van der Waals surface area contributed by atoms with Gasteiger partial charge in [-0.1, -0.05) is 13.0 Å². The van der Waals surface area contributed by atoms with Gasteiger partial charge in [0.25, 0.3) is 0 Å². The van der Waals surface area contributed by atoms with Crippen LogP contribution in [-0.2, 0) is 4.79 Å². The summed E-state index contributed by atoms with van der Waals surface area (Å²) >= 11 is 1.32. The molecular formula is C25H35NO4S. The molecule has 2 N–H and O–H groups in total. The average molecular weight is 446 g/mol. The maximum atomic E-state index is 13.8. The molecule has 0 unspecified atom stereocenters. The number of hydrogen-bond donors (Lipinski definition) is 2. The number of nitrogens with zero attached hydrogens (tertiary/aromatic N) is 1. The lowest BCUT2D eigenvalue weighted by Gasteiger charge is -2.38. The number of carboxylic acids is 1. The van der Waals surface area contributed by atoms with Gasteiger partial charge in [0.2, 0.25) is 5.91 Å². The van der Waals surface area contributed by atoms with Crippen LogP contribution in [0.3, 0.4) is 0 Å². The molecule has 0 bridgehead atoms. The number of carbonyl (C=O) groups excluding carboxylic acids is 1. The molecule has 6 heteroatoms. The van der Waals surface area contributed by atoms with Crippen molar-refractivity contribution in [2.24, 2.45) is 11.8 Å². The van der Waals surface area contributed by atoms with E-state index in [0.717, 1.165) is 62.7 Å². The van der Waals surface area contributed by atoms with Crippen molar-refractivity contribution in [3.8, 4) is 0 Å². The Bertz CT molecular complexity index is 829. The van der Waals surface area contributed by atoms with E-state index in [1.54, 1.807) is 0 Å². The third kappa shape index (κ3) is 5.06. The first-order valence-corrected chi connectivity index (χ1v) is 12.8. The molecule has 4 rings (SSSR count). The highest BCUT2D eigenvalue weighted by Crippen LogP contribution is 2.42. The standard InChI is InChI=1S/C25H35NO4S/c1-16-7-9-18(10-8-16)24(28)26(19-11-13-20(27)14-12-19)21-15-22(31-23(21)25(29)30)17-5-3-2-4-6-17/h5,15-16,18-20,27H,2-4,6-14H2,1H3,(H,29,30)/t16-,18-,19-,20+. The molecule has 170 valence electrons. The SMILES string of the molecule is C[C@H]1CC[C@H](C(=O)N(c2cc(C3=CCCCC3)sc2C(=O)O)[C@H]2CC[C@@H](O)CC2)CC1. The molecule has 1 heterocycles. The summed E-state index contributed by atoms with van der Waals surface area (Å²) in [7, 11) is 0. The van der Waals surface area contributed by atoms with Crippen LogP contribution >= 0.6 is 11.3 Å². The van der Waals surface area contributed by atoms with E-state index in [-0.39, 0.29) is 28.8 Å². The van der Waals surface area contributed by atoms with Gasteiger partial charge >= 0.3 is 5.97 Å². The van der Waals surface area contributed by atoms with Crippen LogP contribution in [0.5, 0.6) is 0 Å². The Kier molecular flexibility index (Phi) is 7.17. The number of anilines is 1. The minimum Gasteiger partial charge on any atom is -0.477 e. The summed E-state index contributed by atoms with van der Waals surface area (Å²) < 4.78 is 0. The molecule has 0 atom stereocenters. The second-order valence-electron chi connectivity index (χ2n) is 9.73. The van der Waals surface area contributed by atoms with E-state index in [1.807, 2.05) is 11.0 Å². The largest absolute Gasteiger partial charge is 0.477 e. The van der Waals surface area contributed by atoms with Gasteiger partial charge in [0.15, 0.2) is 0 Å². The topological polar surface area (TPSA) is 77.8 Å². The summed E-state index contributed by atoms with van der Waals surface area (Å²) in [6, 6.07) is 1.94. The molecule has 3 aliphatic rings. The molecule has 1 amide bonds. The van der Waals surface area contributed by atoms with Crippen molar-refractivity contribution in [2.45, 2.75) is 96.1 Å². The highest BCUT2D eigenvalue weighted by atomic mass is 32.1. The predicted molar refractivity (Wildman–Crippen MR) is 125 cm³/mol. The van der Waals surface area contributed by atoms with Crippen molar-refractivity contribution in [1.29, 1.82) is 0 Å². The normalized spacial score (nSPS) is 29.3. The van der Waals surface area contributed by atoms with Gasteiger partial charge < -0.3 is 15.1 Å². The van der Waals surface area contributed by atoms with E-state index in [2.05, 4.69) is 13.0 Å². The third-order valence-electron chi connectivity index (χ3n) is 7.41. The number of aliphatic hydroxyl groups excluding tert-OH is 1. The highest BCUT2D eigenvalue weighted by Gasteiger charge is 2.37. The summed E-state index contributed by atoms with van der Waals surface area (Å²) in [5.41, 5.74) is 1.81. The number of hydrogen-bond acceptors (Lipinski definition) is 4. The molecule has 1 aromatic rings. The zero-order valence-corrected chi connectivity index (χ0v) is 19.3. The molecule has 3 aliphatic carbocycles. The average Bonchev–Trinajstić information content (AvgIpc) is 3.22. The fraction of sp³-hybridized carbons (Fsp3) is 0.680. The van der Waals surface area contributed by atoms with Crippen molar-refractivity contribution in [1.82, 2.24) is 0 Å². The zero-order valence-electron chi connectivity index (χ0n) is 18.5. The van der Waals surface area contributed by atoms with Crippen LogP contribution in [-0.4, -0.2) is 34.2 Å². The predicted octanol–water partition coefficient (Wildman–Crippen LogP) is 5.87. The molecule has 31 heavy (non-hydrogen) atoms. The van der Waals surface area contributed by atoms with Crippen molar-refractivity contribution in [2.75, 3.05) is 4.90 Å². The number of allylic oxidation sites excluding steroid dienone is 2. The van der Waals surface area contributed by atoms with Gasteiger partial charge in [-0.2, -0.15) is 0 Å². The lowest BCUT2D eigenvalue weighted by atomic mass is 9.81. The number of rotatable bonds is 5. The van der Waals surface area contributed by atoms with E-state index >= 15 is 0 Å². The van der Waals surface area contributed by atoms with Crippen molar-refractivity contribution >= 4 is 34.5 Å². The maximum Gasteiger partial charge on any atom is 0.348 e. The lowest BCUT2D eigenvalue weighted by molar-refractivity contribution is -0.124. The van der Waals surface area contributed by atoms with Crippen LogP contribution in [0.15, 0.2) is 12.1 Å². The molecule has 2 fully saturated rings. The van der Waals surface area contributed by atoms with Gasteiger partial charge in [0.1, 0.15) is 4.88 Å². The summed E-state index contributed by atoms with van der Waals surface area (Å²) in [6.45, 7) is 2.24. The summed E-state index contributed by atoms with van der Waals surface area (Å²) in [5.74, 6) is -0.226. The first-order chi connectivity index (χ1) is 14.9. The monoisotopic (exact) mass is 445 g/mol. The first kappa shape index (κ1) is 22.5. The molecule has 0 aromatic carbocycles. The van der Waals surface area contributed by atoms with Crippen LogP contribution in [0.25, 0.3) is 5.57 Å². The molecule has 0 spiro atoms. The van der Waals surface area contributed by atoms with Crippen LogP contribution in [0.1, 0.15) is 98.5 Å². The summed E-state index contributed by atoms with van der Waals surface area (Å²) in [4.78, 5) is 29.1. The fourth-order valence-corrected chi connectivity index (χ4v) is 6.51. The number of carbonyl (C=O) groups is 2. The maximum absolute atomic E-state index is 13.8. The first-order valence-electron chi connectivity index (χ1n) is 12.0. The zero-order chi connectivity index (χ0) is 22.0. The van der Waals surface area contributed by atoms with Gasteiger partial charge in [-0.25, -0.2) is 4.79 Å². The van der Waals surface area contributed by atoms with E-state index in [1.165, 1.54) is 23.3 Å². The molecule has 0 aliphatic heterocycles. The molecule has 5 nitrogen and oxygen atoms in total. The Hall–Kier alpha value is -1.66. The van der Waals surface area contributed by atoms with Gasteiger partial charge in [-0.3, -0.25) is 4.79 Å². The minimum absolute atomic E-state index is 0.0260. The number of amides is 1. The number of aromatic carboxylic acids is 1. The van der Waals surface area contributed by atoms with Crippen LogP contribution in [0, 0.1) is 11.8 Å². The Morgan fingerprint density at radius 3 is 2.35 bits per heavy atom. The molecular weight excluding hydrogens is 410 g/mol. The Balaban J connectivity index is 1.70. The molecule has 0 radical (unpaired) electrons. The fourth-order valence-electron chi connectivity index (χ4n) is 5.45. The molecule has 0 saturated heterocycles. The van der Waals surface area contributed by atoms with Crippen LogP contribution < -0.4 is 4.90 Å². The van der Waals surface area contributed by atoms with E-state index in [4.69, 9.17) is 0 Å². The number of carboxylic acid groups (broad SMARTS) is 1. The second-order valence-corrected chi connectivity index (χ2v) is 10.8. The van der Waals surface area contributed by atoms with Gasteiger partial charge in [0.05, 0.1) is 11.8 Å². The van der Waals surface area contributed by atoms with E-state index in [0.29, 0.717) is 24.4 Å². The third-order valence-corrected chi connectivity index (χ3v) is 8.60. The van der Waals surface area contributed by atoms with Gasteiger partial charge in [0, 0.05) is 16.8 Å². The smallest absolute Gasteiger partial charge is 0.348 e.